The molecule has 1 aliphatic heterocycles. The summed E-state index contributed by atoms with van der Waals surface area (Å²) in [7, 11) is 0. The minimum Gasteiger partial charge on any atom is -0.444 e. The number of hydrogen-bond acceptors (Lipinski definition) is 4. The zero-order valence-corrected chi connectivity index (χ0v) is 13.1. The molecule has 1 aliphatic rings. The van der Waals surface area contributed by atoms with Crippen LogP contribution in [-0.2, 0) is 9.47 Å². The van der Waals surface area contributed by atoms with Gasteiger partial charge in [-0.25, -0.2) is 4.79 Å². The first-order valence-electron chi connectivity index (χ1n) is 6.93. The van der Waals surface area contributed by atoms with E-state index in [1.165, 1.54) is 0 Å². The van der Waals surface area contributed by atoms with Gasteiger partial charge in [0, 0.05) is 19.6 Å². The number of nitrogens with zero attached hydrogens (tertiary/aromatic N) is 1. The van der Waals surface area contributed by atoms with Crippen LogP contribution in [0.4, 0.5) is 4.79 Å². The van der Waals surface area contributed by atoms with Gasteiger partial charge in [0.25, 0.3) is 0 Å². The Balaban J connectivity index is 2.59. The van der Waals surface area contributed by atoms with Crippen LogP contribution in [0, 0.1) is 0 Å². The highest BCUT2D eigenvalue weighted by atomic mass is 16.6. The molecule has 1 fully saturated rings. The molecule has 19 heavy (non-hydrogen) atoms. The minimum atomic E-state index is -0.461. The van der Waals surface area contributed by atoms with Gasteiger partial charge in [-0.05, 0) is 41.5 Å². The Morgan fingerprint density at radius 2 is 1.84 bits per heavy atom. The van der Waals surface area contributed by atoms with E-state index < -0.39 is 5.60 Å². The molecule has 1 heterocycles. The molecular formula is C14H28N2O3. The maximum Gasteiger partial charge on any atom is 0.410 e. The number of carbonyl (C=O) groups excluding carboxylic acids is 1. The highest BCUT2D eigenvalue weighted by Crippen LogP contribution is 2.15. The number of ether oxygens (including phenoxy) is 2. The number of piperazine rings is 1. The molecule has 1 saturated heterocycles. The van der Waals surface area contributed by atoms with E-state index in [1.807, 2.05) is 41.5 Å². The molecule has 0 aromatic heterocycles. The molecule has 0 saturated carbocycles. The number of rotatable bonds is 2. The first kappa shape index (κ1) is 16.2. The summed E-state index contributed by atoms with van der Waals surface area (Å²) in [6.45, 7) is 14.4. The smallest absolute Gasteiger partial charge is 0.410 e. The third-order valence-electron chi connectivity index (χ3n) is 2.69. The summed E-state index contributed by atoms with van der Waals surface area (Å²) in [4.78, 5) is 13.9. The summed E-state index contributed by atoms with van der Waals surface area (Å²) in [6.07, 6.45) is -0.253. The van der Waals surface area contributed by atoms with Crippen molar-refractivity contribution < 1.29 is 14.3 Å². The monoisotopic (exact) mass is 272 g/mol. The zero-order chi connectivity index (χ0) is 14.7. The summed E-state index contributed by atoms with van der Waals surface area (Å²) in [5.41, 5.74) is -0.658. The van der Waals surface area contributed by atoms with Gasteiger partial charge in [0.15, 0.2) is 0 Å². The second-order valence-electron chi connectivity index (χ2n) is 6.96. The molecule has 5 heteroatoms. The summed E-state index contributed by atoms with van der Waals surface area (Å²) in [5.74, 6) is 0. The van der Waals surface area contributed by atoms with Gasteiger partial charge in [-0.3, -0.25) is 0 Å². The van der Waals surface area contributed by atoms with Gasteiger partial charge in [-0.15, -0.1) is 0 Å². The largest absolute Gasteiger partial charge is 0.444 e. The Kier molecular flexibility index (Phi) is 5.21. The molecule has 1 N–H and O–H groups in total. The molecule has 1 rings (SSSR count). The lowest BCUT2D eigenvalue weighted by Crippen LogP contribution is -2.56. The summed E-state index contributed by atoms with van der Waals surface area (Å²) in [5, 5.41) is 3.29. The first-order valence-corrected chi connectivity index (χ1v) is 6.93. The van der Waals surface area contributed by atoms with Gasteiger partial charge in [0.05, 0.1) is 18.2 Å². The van der Waals surface area contributed by atoms with E-state index in [2.05, 4.69) is 5.32 Å². The Labute approximate surface area is 116 Å². The topological polar surface area (TPSA) is 50.8 Å². The van der Waals surface area contributed by atoms with Crippen molar-refractivity contribution >= 4 is 6.09 Å². The van der Waals surface area contributed by atoms with Crippen LogP contribution in [0.5, 0.6) is 0 Å². The Hall–Kier alpha value is -0.810. The average Bonchev–Trinajstić information content (AvgIpc) is 2.23. The Morgan fingerprint density at radius 3 is 2.37 bits per heavy atom. The fourth-order valence-electron chi connectivity index (χ4n) is 1.82. The Bertz CT molecular complexity index is 305. The van der Waals surface area contributed by atoms with E-state index in [9.17, 15) is 4.79 Å². The predicted molar refractivity (Wildman–Crippen MR) is 75.3 cm³/mol. The zero-order valence-electron chi connectivity index (χ0n) is 13.1. The van der Waals surface area contributed by atoms with E-state index >= 15 is 0 Å². The van der Waals surface area contributed by atoms with Crippen LogP contribution in [-0.4, -0.2) is 54.5 Å². The second-order valence-corrected chi connectivity index (χ2v) is 6.96. The summed E-state index contributed by atoms with van der Waals surface area (Å²) in [6, 6.07) is 0.0304. The molecule has 1 unspecified atom stereocenters. The van der Waals surface area contributed by atoms with Crippen molar-refractivity contribution in [3.8, 4) is 0 Å². The van der Waals surface area contributed by atoms with Crippen LogP contribution in [0.3, 0.4) is 0 Å². The lowest BCUT2D eigenvalue weighted by molar-refractivity contribution is -0.0465. The van der Waals surface area contributed by atoms with Crippen LogP contribution in [0.25, 0.3) is 0 Å². The molecule has 0 radical (unpaired) electrons. The third kappa shape index (κ3) is 6.25. The maximum absolute atomic E-state index is 12.2. The highest BCUT2D eigenvalue weighted by Gasteiger charge is 2.31. The fraction of sp³-hybridized carbons (Fsp3) is 0.929. The van der Waals surface area contributed by atoms with E-state index in [0.29, 0.717) is 13.2 Å². The quantitative estimate of drug-likeness (QED) is 0.835. The van der Waals surface area contributed by atoms with Crippen LogP contribution in [0.1, 0.15) is 41.5 Å². The van der Waals surface area contributed by atoms with E-state index in [0.717, 1.165) is 13.1 Å². The predicted octanol–water partition coefficient (Wildman–Crippen LogP) is 2.01. The van der Waals surface area contributed by atoms with Crippen molar-refractivity contribution in [3.05, 3.63) is 0 Å². The van der Waals surface area contributed by atoms with Gasteiger partial charge in [0.2, 0.25) is 0 Å². The van der Waals surface area contributed by atoms with E-state index in [4.69, 9.17) is 9.47 Å². The van der Waals surface area contributed by atoms with Gasteiger partial charge in [-0.1, -0.05) is 0 Å². The molecule has 1 amide bonds. The molecule has 0 aliphatic carbocycles. The first-order chi connectivity index (χ1) is 8.58. The number of hydrogen-bond donors (Lipinski definition) is 1. The number of nitrogens with one attached hydrogen (secondary N) is 1. The van der Waals surface area contributed by atoms with Crippen LogP contribution < -0.4 is 5.32 Å². The second kappa shape index (κ2) is 6.09. The molecule has 5 nitrogen and oxygen atoms in total. The van der Waals surface area contributed by atoms with E-state index in [1.54, 1.807) is 4.90 Å². The molecule has 112 valence electrons. The van der Waals surface area contributed by atoms with Crippen molar-refractivity contribution in [2.24, 2.45) is 0 Å². The van der Waals surface area contributed by atoms with Crippen LogP contribution >= 0.6 is 0 Å². The molecular weight excluding hydrogens is 244 g/mol. The normalized spacial score (nSPS) is 21.4. The summed E-state index contributed by atoms with van der Waals surface area (Å²) >= 11 is 0. The van der Waals surface area contributed by atoms with Crippen molar-refractivity contribution in [1.82, 2.24) is 10.2 Å². The average molecular weight is 272 g/mol. The van der Waals surface area contributed by atoms with Gasteiger partial charge < -0.3 is 19.7 Å². The SMILES string of the molecule is CC(C)(C)OCC1CNCCN1C(=O)OC(C)(C)C. The van der Waals surface area contributed by atoms with Crippen molar-refractivity contribution in [1.29, 1.82) is 0 Å². The lowest BCUT2D eigenvalue weighted by Gasteiger charge is -2.38. The van der Waals surface area contributed by atoms with Gasteiger partial charge >= 0.3 is 6.09 Å². The van der Waals surface area contributed by atoms with Crippen molar-refractivity contribution in [2.45, 2.75) is 58.8 Å². The fourth-order valence-corrected chi connectivity index (χ4v) is 1.82. The highest BCUT2D eigenvalue weighted by molar-refractivity contribution is 5.68. The minimum absolute atomic E-state index is 0.0304. The van der Waals surface area contributed by atoms with Crippen molar-refractivity contribution in [3.63, 3.8) is 0 Å². The van der Waals surface area contributed by atoms with E-state index in [-0.39, 0.29) is 17.7 Å². The molecule has 0 bridgehead atoms. The molecule has 0 spiro atoms. The third-order valence-corrected chi connectivity index (χ3v) is 2.69. The maximum atomic E-state index is 12.2. The standard InChI is InChI=1S/C14H28N2O3/c1-13(2,3)18-10-11-9-15-7-8-16(11)12(17)19-14(4,5)6/h11,15H,7-10H2,1-6H3. The van der Waals surface area contributed by atoms with Gasteiger partial charge in [-0.2, -0.15) is 0 Å². The van der Waals surface area contributed by atoms with Crippen LogP contribution in [0.15, 0.2) is 0 Å². The molecule has 0 aromatic carbocycles. The lowest BCUT2D eigenvalue weighted by atomic mass is 10.1. The number of carbonyl (C=O) groups is 1. The Morgan fingerprint density at radius 1 is 1.21 bits per heavy atom. The van der Waals surface area contributed by atoms with Crippen molar-refractivity contribution in [2.75, 3.05) is 26.2 Å². The summed E-state index contributed by atoms with van der Waals surface area (Å²) < 4.78 is 11.2. The molecule has 0 aromatic rings. The van der Waals surface area contributed by atoms with Gasteiger partial charge in [0.1, 0.15) is 5.60 Å². The van der Waals surface area contributed by atoms with Crippen LogP contribution in [0.2, 0.25) is 0 Å². The number of amides is 1. The molecule has 1 atom stereocenters.